The van der Waals surface area contributed by atoms with Gasteiger partial charge in [-0.1, -0.05) is 6.42 Å². The van der Waals surface area contributed by atoms with E-state index in [9.17, 15) is 13.5 Å². The molecule has 1 aromatic carbocycles. The molecule has 110 valence electrons. The van der Waals surface area contributed by atoms with Crippen molar-refractivity contribution in [2.24, 2.45) is 17.8 Å². The van der Waals surface area contributed by atoms with Gasteiger partial charge in [0.05, 0.1) is 10.6 Å². The fraction of sp³-hybridized carbons (Fsp3) is 0.571. The first-order valence-electron chi connectivity index (χ1n) is 7.04. The van der Waals surface area contributed by atoms with Crippen LogP contribution < -0.4 is 10.5 Å². The van der Waals surface area contributed by atoms with Crippen LogP contribution in [-0.4, -0.2) is 20.1 Å². The molecule has 5 nitrogen and oxygen atoms in total. The zero-order valence-electron chi connectivity index (χ0n) is 11.2. The maximum atomic E-state index is 12.2. The Bertz CT molecular complexity index is 615. The minimum Gasteiger partial charge on any atom is -0.506 e. The molecule has 3 atom stereocenters. The number of fused-ring (bicyclic) bond motifs is 2. The number of nitrogens with one attached hydrogen (secondary N) is 1. The van der Waals surface area contributed by atoms with Gasteiger partial charge in [-0.25, -0.2) is 13.1 Å². The number of phenolic OH excluding ortho intramolecular Hbond substituents is 1. The summed E-state index contributed by atoms with van der Waals surface area (Å²) in [6, 6.07) is 3.97. The molecule has 0 heterocycles. The summed E-state index contributed by atoms with van der Waals surface area (Å²) < 4.78 is 27.1. The molecule has 0 spiro atoms. The summed E-state index contributed by atoms with van der Waals surface area (Å²) in [6.07, 6.45) is 4.95. The highest BCUT2D eigenvalue weighted by Crippen LogP contribution is 2.48. The molecule has 1 aromatic rings. The van der Waals surface area contributed by atoms with Gasteiger partial charge in [0.15, 0.2) is 0 Å². The number of nitrogens with two attached hydrogens (primary N) is 1. The van der Waals surface area contributed by atoms with Gasteiger partial charge in [0, 0.05) is 6.54 Å². The molecule has 4 N–H and O–H groups in total. The lowest BCUT2D eigenvalue weighted by atomic mass is 9.89. The Kier molecular flexibility index (Phi) is 3.38. The van der Waals surface area contributed by atoms with Crippen molar-refractivity contribution in [3.63, 3.8) is 0 Å². The molecule has 0 saturated heterocycles. The minimum absolute atomic E-state index is 0.0767. The number of sulfonamides is 1. The highest BCUT2D eigenvalue weighted by Gasteiger charge is 2.39. The maximum absolute atomic E-state index is 12.2. The smallest absolute Gasteiger partial charge is 0.240 e. The summed E-state index contributed by atoms with van der Waals surface area (Å²) in [7, 11) is -3.54. The lowest BCUT2D eigenvalue weighted by Gasteiger charge is -2.21. The number of hydrogen-bond donors (Lipinski definition) is 3. The predicted molar refractivity (Wildman–Crippen MR) is 76.6 cm³/mol. The Morgan fingerprint density at radius 1 is 1.30 bits per heavy atom. The van der Waals surface area contributed by atoms with Gasteiger partial charge in [-0.15, -0.1) is 0 Å². The number of anilines is 1. The van der Waals surface area contributed by atoms with Gasteiger partial charge in [-0.05, 0) is 55.2 Å². The average molecular weight is 296 g/mol. The van der Waals surface area contributed by atoms with Crippen molar-refractivity contribution in [1.29, 1.82) is 0 Å². The fourth-order valence-corrected chi connectivity index (χ4v) is 4.76. The van der Waals surface area contributed by atoms with E-state index in [2.05, 4.69) is 4.72 Å². The SMILES string of the molecule is Nc1cc(S(=O)(=O)NCC2CC3CCC2C3)ccc1O. The van der Waals surface area contributed by atoms with Crippen molar-refractivity contribution in [3.05, 3.63) is 18.2 Å². The molecule has 0 aromatic heterocycles. The topological polar surface area (TPSA) is 92.4 Å². The van der Waals surface area contributed by atoms with Crippen LogP contribution in [0.5, 0.6) is 5.75 Å². The molecule has 2 fully saturated rings. The molecule has 2 aliphatic carbocycles. The third-order valence-corrected chi connectivity index (χ3v) is 6.15. The van der Waals surface area contributed by atoms with E-state index in [1.807, 2.05) is 0 Å². The highest BCUT2D eigenvalue weighted by atomic mass is 32.2. The van der Waals surface area contributed by atoms with Gasteiger partial charge in [-0.3, -0.25) is 0 Å². The first-order chi connectivity index (χ1) is 9.45. The van der Waals surface area contributed by atoms with Crippen molar-refractivity contribution in [2.75, 3.05) is 12.3 Å². The molecular formula is C14H20N2O3S. The molecule has 0 amide bonds. The summed E-state index contributed by atoms with van der Waals surface area (Å²) in [5, 5.41) is 9.34. The monoisotopic (exact) mass is 296 g/mol. The summed E-state index contributed by atoms with van der Waals surface area (Å²) in [6.45, 7) is 0.504. The van der Waals surface area contributed by atoms with Crippen LogP contribution in [0.15, 0.2) is 23.1 Å². The van der Waals surface area contributed by atoms with Crippen molar-refractivity contribution >= 4 is 15.7 Å². The number of aromatic hydroxyl groups is 1. The van der Waals surface area contributed by atoms with Gasteiger partial charge < -0.3 is 10.8 Å². The van der Waals surface area contributed by atoms with Crippen molar-refractivity contribution < 1.29 is 13.5 Å². The highest BCUT2D eigenvalue weighted by molar-refractivity contribution is 7.89. The van der Waals surface area contributed by atoms with E-state index in [0.29, 0.717) is 18.4 Å². The zero-order valence-corrected chi connectivity index (χ0v) is 12.1. The second-order valence-corrected chi connectivity index (χ2v) is 7.77. The summed E-state index contributed by atoms with van der Waals surface area (Å²) in [4.78, 5) is 0.107. The molecular weight excluding hydrogens is 276 g/mol. The van der Waals surface area contributed by atoms with E-state index in [-0.39, 0.29) is 16.3 Å². The number of hydrogen-bond acceptors (Lipinski definition) is 4. The van der Waals surface area contributed by atoms with Crippen LogP contribution in [0.2, 0.25) is 0 Å². The first-order valence-corrected chi connectivity index (χ1v) is 8.52. The van der Waals surface area contributed by atoms with Crippen molar-refractivity contribution in [2.45, 2.75) is 30.6 Å². The van der Waals surface area contributed by atoms with E-state index in [1.165, 1.54) is 37.5 Å². The summed E-state index contributed by atoms with van der Waals surface area (Å²) >= 11 is 0. The number of rotatable bonds is 4. The van der Waals surface area contributed by atoms with E-state index in [0.717, 1.165) is 12.3 Å². The van der Waals surface area contributed by atoms with E-state index in [1.54, 1.807) is 0 Å². The lowest BCUT2D eigenvalue weighted by Crippen LogP contribution is -2.31. The van der Waals surface area contributed by atoms with E-state index >= 15 is 0 Å². The Morgan fingerprint density at radius 2 is 2.10 bits per heavy atom. The second kappa shape index (κ2) is 4.93. The minimum atomic E-state index is -3.54. The molecule has 2 aliphatic rings. The number of benzene rings is 1. The molecule has 0 aliphatic heterocycles. The Morgan fingerprint density at radius 3 is 2.70 bits per heavy atom. The molecule has 2 bridgehead atoms. The second-order valence-electron chi connectivity index (χ2n) is 6.01. The Balaban J connectivity index is 1.68. The zero-order chi connectivity index (χ0) is 14.3. The third-order valence-electron chi connectivity index (χ3n) is 4.73. The van der Waals surface area contributed by atoms with Crippen molar-refractivity contribution in [3.8, 4) is 5.75 Å². The van der Waals surface area contributed by atoms with Crippen LogP contribution in [0, 0.1) is 17.8 Å². The Labute approximate surface area is 119 Å². The van der Waals surface area contributed by atoms with Crippen LogP contribution in [-0.2, 0) is 10.0 Å². The molecule has 2 saturated carbocycles. The van der Waals surface area contributed by atoms with Crippen LogP contribution in [0.3, 0.4) is 0 Å². The molecule has 6 heteroatoms. The molecule has 3 unspecified atom stereocenters. The van der Waals surface area contributed by atoms with Gasteiger partial charge in [0.25, 0.3) is 0 Å². The van der Waals surface area contributed by atoms with E-state index < -0.39 is 10.0 Å². The summed E-state index contributed by atoms with van der Waals surface area (Å²) in [5.41, 5.74) is 5.62. The van der Waals surface area contributed by atoms with Crippen LogP contribution in [0.4, 0.5) is 5.69 Å². The normalized spacial score (nSPS) is 28.9. The van der Waals surface area contributed by atoms with Crippen LogP contribution in [0.1, 0.15) is 25.7 Å². The van der Waals surface area contributed by atoms with Gasteiger partial charge in [0.2, 0.25) is 10.0 Å². The van der Waals surface area contributed by atoms with E-state index in [4.69, 9.17) is 5.73 Å². The van der Waals surface area contributed by atoms with Crippen LogP contribution >= 0.6 is 0 Å². The van der Waals surface area contributed by atoms with Gasteiger partial charge in [0.1, 0.15) is 5.75 Å². The molecule has 0 radical (unpaired) electrons. The average Bonchev–Trinajstić information content (AvgIpc) is 3.02. The number of nitrogen functional groups attached to an aromatic ring is 1. The van der Waals surface area contributed by atoms with Crippen LogP contribution in [0.25, 0.3) is 0 Å². The maximum Gasteiger partial charge on any atom is 0.240 e. The first kappa shape index (κ1) is 13.7. The number of phenols is 1. The lowest BCUT2D eigenvalue weighted by molar-refractivity contribution is 0.333. The largest absolute Gasteiger partial charge is 0.506 e. The quantitative estimate of drug-likeness (QED) is 0.582. The fourth-order valence-electron chi connectivity index (χ4n) is 3.63. The molecule has 3 rings (SSSR count). The standard InChI is InChI=1S/C14H20N2O3S/c15-13-7-12(3-4-14(13)17)20(18,19)16-8-11-6-9-1-2-10(11)5-9/h3-4,7,9-11,16-17H,1-2,5-6,8,15H2. The Hall–Kier alpha value is -1.27. The van der Waals surface area contributed by atoms with Gasteiger partial charge >= 0.3 is 0 Å². The van der Waals surface area contributed by atoms with Gasteiger partial charge in [-0.2, -0.15) is 0 Å². The molecule has 20 heavy (non-hydrogen) atoms. The van der Waals surface area contributed by atoms with Crippen molar-refractivity contribution in [1.82, 2.24) is 4.72 Å². The summed E-state index contributed by atoms with van der Waals surface area (Å²) in [5.74, 6) is 1.86. The predicted octanol–water partition coefficient (Wildman–Crippen LogP) is 1.69. The third kappa shape index (κ3) is 2.50.